The van der Waals surface area contributed by atoms with Gasteiger partial charge < -0.3 is 14.5 Å². The number of nitrogens with zero attached hydrogens (tertiary/aromatic N) is 3. The first-order valence-electron chi connectivity index (χ1n) is 7.63. The molecule has 3 aromatic rings. The molecule has 0 aliphatic carbocycles. The summed E-state index contributed by atoms with van der Waals surface area (Å²) in [6.07, 6.45) is -0.139. The Hall–Kier alpha value is -2.33. The molecular formula is C16H14BrN4O4S-. The summed E-state index contributed by atoms with van der Waals surface area (Å²) in [5.41, 5.74) is 0.361. The average molecular weight is 438 g/mol. The number of halogens is 1. The zero-order chi connectivity index (χ0) is 18.8. The molecule has 0 saturated heterocycles. The lowest BCUT2D eigenvalue weighted by molar-refractivity contribution is -0.305. The van der Waals surface area contributed by atoms with Crippen LogP contribution in [-0.4, -0.2) is 30.8 Å². The van der Waals surface area contributed by atoms with Crippen molar-refractivity contribution in [3.63, 3.8) is 0 Å². The van der Waals surface area contributed by atoms with Crippen molar-refractivity contribution in [1.29, 1.82) is 0 Å². The Morgan fingerprint density at radius 2 is 2.15 bits per heavy atom. The number of carbonyl (C=O) groups is 1. The molecule has 0 saturated carbocycles. The normalized spacial score (nSPS) is 11.2. The standard InChI is InChI=1S/C16H15BrN4O4S/c1-20-13-12(14(24)19-15(20)25)21(8-9-3-2-4-10(17)7-9)16(18-13)26-6-5-11(22)23/h2-4,7H,5-6,8H2,1H3,(H,22,23)(H,19,24,25)/p-1. The van der Waals surface area contributed by atoms with Crippen LogP contribution in [0.25, 0.3) is 11.2 Å². The topological polar surface area (TPSA) is 113 Å². The summed E-state index contributed by atoms with van der Waals surface area (Å²) >= 11 is 4.61. The van der Waals surface area contributed by atoms with E-state index in [2.05, 4.69) is 25.9 Å². The van der Waals surface area contributed by atoms with Crippen molar-refractivity contribution in [3.8, 4) is 0 Å². The van der Waals surface area contributed by atoms with Crippen LogP contribution in [0.1, 0.15) is 12.0 Å². The number of carbonyl (C=O) groups excluding carboxylic acids is 1. The third-order valence-corrected chi connectivity index (χ3v) is 5.21. The molecule has 136 valence electrons. The number of fused-ring (bicyclic) bond motifs is 1. The number of aliphatic carboxylic acids is 1. The number of carboxylic acid groups (broad SMARTS) is 1. The molecule has 0 fully saturated rings. The Balaban J connectivity index is 2.13. The first-order valence-corrected chi connectivity index (χ1v) is 9.41. The van der Waals surface area contributed by atoms with E-state index >= 15 is 0 Å². The van der Waals surface area contributed by atoms with Gasteiger partial charge in [-0.25, -0.2) is 9.78 Å². The SMILES string of the molecule is Cn1c(=O)[nH]c(=O)c2c1nc(SCCC(=O)[O-])n2Cc1cccc(Br)c1. The van der Waals surface area contributed by atoms with Crippen molar-refractivity contribution in [2.24, 2.45) is 7.05 Å². The minimum atomic E-state index is -1.16. The Kier molecular flexibility index (Phi) is 5.33. The van der Waals surface area contributed by atoms with Gasteiger partial charge in [0.15, 0.2) is 16.3 Å². The fraction of sp³-hybridized carbons (Fsp3) is 0.250. The van der Waals surface area contributed by atoms with Crippen molar-refractivity contribution < 1.29 is 9.90 Å². The van der Waals surface area contributed by atoms with Gasteiger partial charge in [-0.3, -0.25) is 14.3 Å². The fourth-order valence-corrected chi connectivity index (χ4v) is 3.88. The number of H-pyrrole nitrogens is 1. The van der Waals surface area contributed by atoms with E-state index < -0.39 is 17.2 Å². The number of carboxylic acids is 1. The predicted octanol–water partition coefficient (Wildman–Crippen LogP) is 0.466. The van der Waals surface area contributed by atoms with E-state index in [9.17, 15) is 19.5 Å². The highest BCUT2D eigenvalue weighted by molar-refractivity contribution is 9.10. The second kappa shape index (κ2) is 7.50. The Morgan fingerprint density at radius 1 is 1.38 bits per heavy atom. The molecule has 10 heteroatoms. The molecule has 0 atom stereocenters. The first kappa shape index (κ1) is 18.5. The number of imidazole rings is 1. The Bertz CT molecular complexity index is 1100. The first-order chi connectivity index (χ1) is 12.4. The maximum Gasteiger partial charge on any atom is 0.329 e. The van der Waals surface area contributed by atoms with Gasteiger partial charge in [0, 0.05) is 23.2 Å². The van der Waals surface area contributed by atoms with Crippen molar-refractivity contribution in [2.75, 3.05) is 5.75 Å². The summed E-state index contributed by atoms with van der Waals surface area (Å²) in [5, 5.41) is 11.1. The molecule has 8 nitrogen and oxygen atoms in total. The van der Waals surface area contributed by atoms with Gasteiger partial charge in [0.1, 0.15) is 0 Å². The van der Waals surface area contributed by atoms with E-state index in [-0.39, 0.29) is 23.3 Å². The van der Waals surface area contributed by atoms with Crippen LogP contribution in [0.2, 0.25) is 0 Å². The lowest BCUT2D eigenvalue weighted by Gasteiger charge is -2.09. The highest BCUT2D eigenvalue weighted by atomic mass is 79.9. The molecule has 0 unspecified atom stereocenters. The molecule has 1 N–H and O–H groups in total. The van der Waals surface area contributed by atoms with Gasteiger partial charge in [-0.15, -0.1) is 0 Å². The molecule has 3 rings (SSSR count). The van der Waals surface area contributed by atoms with Crippen LogP contribution in [0.5, 0.6) is 0 Å². The molecule has 2 heterocycles. The summed E-state index contributed by atoms with van der Waals surface area (Å²) in [6, 6.07) is 7.59. The van der Waals surface area contributed by atoms with Crippen LogP contribution in [0.3, 0.4) is 0 Å². The lowest BCUT2D eigenvalue weighted by atomic mass is 10.2. The quantitative estimate of drug-likeness (QED) is 0.560. The number of aromatic amines is 1. The number of nitrogens with one attached hydrogen (secondary N) is 1. The van der Waals surface area contributed by atoms with Gasteiger partial charge in [0.05, 0.1) is 6.54 Å². The minimum absolute atomic E-state index is 0.139. The van der Waals surface area contributed by atoms with Gasteiger partial charge in [-0.2, -0.15) is 0 Å². The molecule has 0 aliphatic rings. The van der Waals surface area contributed by atoms with Crippen molar-refractivity contribution in [1.82, 2.24) is 19.1 Å². The van der Waals surface area contributed by atoms with E-state index in [1.54, 1.807) is 4.57 Å². The highest BCUT2D eigenvalue weighted by Crippen LogP contribution is 2.24. The summed E-state index contributed by atoms with van der Waals surface area (Å²) in [4.78, 5) is 41.6. The number of rotatable bonds is 6. The van der Waals surface area contributed by atoms with E-state index in [4.69, 9.17) is 0 Å². The van der Waals surface area contributed by atoms with Crippen LogP contribution < -0.4 is 16.4 Å². The third-order valence-electron chi connectivity index (χ3n) is 3.74. The summed E-state index contributed by atoms with van der Waals surface area (Å²) in [7, 11) is 1.52. The van der Waals surface area contributed by atoms with Crippen LogP contribution in [-0.2, 0) is 18.4 Å². The van der Waals surface area contributed by atoms with Gasteiger partial charge in [-0.1, -0.05) is 39.8 Å². The molecular weight excluding hydrogens is 424 g/mol. The molecule has 0 bridgehead atoms. The van der Waals surface area contributed by atoms with E-state index in [0.29, 0.717) is 11.7 Å². The number of hydrogen-bond acceptors (Lipinski definition) is 6. The minimum Gasteiger partial charge on any atom is -0.550 e. The van der Waals surface area contributed by atoms with E-state index in [0.717, 1.165) is 10.0 Å². The monoisotopic (exact) mass is 437 g/mol. The zero-order valence-corrected chi connectivity index (χ0v) is 16.1. The molecule has 0 radical (unpaired) electrons. The van der Waals surface area contributed by atoms with Gasteiger partial charge in [0.25, 0.3) is 5.56 Å². The average Bonchev–Trinajstić information content (AvgIpc) is 2.92. The molecule has 0 amide bonds. The smallest absolute Gasteiger partial charge is 0.329 e. The maximum absolute atomic E-state index is 12.4. The number of hydrogen-bond donors (Lipinski definition) is 1. The molecule has 2 aromatic heterocycles. The number of benzene rings is 1. The van der Waals surface area contributed by atoms with Crippen LogP contribution in [0.4, 0.5) is 0 Å². The second-order valence-corrected chi connectivity index (χ2v) is 7.55. The zero-order valence-electron chi connectivity index (χ0n) is 13.7. The summed E-state index contributed by atoms with van der Waals surface area (Å²) in [6.45, 7) is 0.352. The summed E-state index contributed by atoms with van der Waals surface area (Å²) < 4.78 is 3.85. The van der Waals surface area contributed by atoms with Crippen LogP contribution in [0.15, 0.2) is 43.5 Å². The summed E-state index contributed by atoms with van der Waals surface area (Å²) in [5.74, 6) is -0.909. The van der Waals surface area contributed by atoms with Crippen molar-refractivity contribution in [3.05, 3.63) is 55.1 Å². The van der Waals surface area contributed by atoms with Gasteiger partial charge >= 0.3 is 5.69 Å². The second-order valence-electron chi connectivity index (χ2n) is 5.57. The number of aryl methyl sites for hydroxylation is 1. The highest BCUT2D eigenvalue weighted by Gasteiger charge is 2.18. The van der Waals surface area contributed by atoms with E-state index in [1.165, 1.54) is 23.4 Å². The van der Waals surface area contributed by atoms with Crippen molar-refractivity contribution in [2.45, 2.75) is 18.1 Å². The maximum atomic E-state index is 12.4. The van der Waals surface area contributed by atoms with Gasteiger partial charge in [-0.05, 0) is 24.1 Å². The van der Waals surface area contributed by atoms with Crippen LogP contribution >= 0.6 is 27.7 Å². The lowest BCUT2D eigenvalue weighted by Crippen LogP contribution is -2.29. The van der Waals surface area contributed by atoms with Crippen LogP contribution in [0, 0.1) is 0 Å². The molecule has 0 spiro atoms. The van der Waals surface area contributed by atoms with Crippen molar-refractivity contribution >= 4 is 44.8 Å². The third kappa shape index (κ3) is 3.75. The Labute approximate surface area is 160 Å². The van der Waals surface area contributed by atoms with E-state index in [1.807, 2.05) is 24.3 Å². The predicted molar refractivity (Wildman–Crippen MR) is 99.2 cm³/mol. The molecule has 0 aliphatic heterocycles. The van der Waals surface area contributed by atoms with Gasteiger partial charge in [0.2, 0.25) is 0 Å². The largest absolute Gasteiger partial charge is 0.550 e. The molecule has 1 aromatic carbocycles. The number of thioether (sulfide) groups is 1. The Morgan fingerprint density at radius 3 is 2.85 bits per heavy atom. The molecule has 26 heavy (non-hydrogen) atoms. The fourth-order valence-electron chi connectivity index (χ4n) is 2.52. The number of aromatic nitrogens is 4.